The van der Waals surface area contributed by atoms with Crippen molar-refractivity contribution in [2.75, 3.05) is 26.2 Å². The Bertz CT molecular complexity index is 671. The Kier molecular flexibility index (Phi) is 16.1. The second kappa shape index (κ2) is 16.3. The van der Waals surface area contributed by atoms with Crippen molar-refractivity contribution in [3.63, 3.8) is 0 Å². The topological polar surface area (TPSA) is 28.4 Å². The van der Waals surface area contributed by atoms with Crippen molar-refractivity contribution in [3.8, 4) is 11.3 Å². The Morgan fingerprint density at radius 2 is 1.55 bits per heavy atom. The molecule has 0 aliphatic rings. The Labute approximate surface area is 198 Å². The van der Waals surface area contributed by atoms with E-state index >= 15 is 0 Å². The number of furan rings is 1. The van der Waals surface area contributed by atoms with E-state index in [4.69, 9.17) is 27.6 Å². The largest absolute Gasteiger partial charge is 0.460 e. The monoisotopic (exact) mass is 482 g/mol. The molecule has 166 valence electrons. The Hall–Kier alpha value is -0.420. The summed E-state index contributed by atoms with van der Waals surface area (Å²) >= 11 is 12.2. The van der Waals surface area contributed by atoms with Gasteiger partial charge in [-0.3, -0.25) is 0 Å². The average Bonchev–Trinajstić information content (AvgIpc) is 3.11. The number of hydrogen-bond donors (Lipinski definition) is 1. The van der Waals surface area contributed by atoms with Crippen molar-refractivity contribution in [1.29, 1.82) is 0 Å². The lowest BCUT2D eigenvalue weighted by molar-refractivity contribution is 0.260. The summed E-state index contributed by atoms with van der Waals surface area (Å²) in [5.74, 6) is 1.70. The van der Waals surface area contributed by atoms with Gasteiger partial charge in [0, 0.05) is 10.6 Å². The second-order valence-electron chi connectivity index (χ2n) is 6.97. The van der Waals surface area contributed by atoms with E-state index in [1.54, 1.807) is 6.07 Å². The fraction of sp³-hybridized carbons (Fsp3) is 0.545. The predicted octanol–water partition coefficient (Wildman–Crippen LogP) is 7.48. The first-order valence-corrected chi connectivity index (χ1v) is 10.9. The van der Waals surface area contributed by atoms with Gasteiger partial charge in [-0.25, -0.2) is 0 Å². The molecule has 2 rings (SSSR count). The molecule has 0 atom stereocenters. The molecule has 29 heavy (non-hydrogen) atoms. The first-order valence-electron chi connectivity index (χ1n) is 10.1. The van der Waals surface area contributed by atoms with E-state index in [9.17, 15) is 0 Å². The van der Waals surface area contributed by atoms with Crippen molar-refractivity contribution in [1.82, 2.24) is 10.2 Å². The zero-order valence-electron chi connectivity index (χ0n) is 17.4. The van der Waals surface area contributed by atoms with Crippen LogP contribution in [0.25, 0.3) is 11.3 Å². The summed E-state index contributed by atoms with van der Waals surface area (Å²) in [5, 5.41) is 4.72. The maximum absolute atomic E-state index is 6.26. The van der Waals surface area contributed by atoms with Crippen molar-refractivity contribution >= 4 is 48.0 Å². The van der Waals surface area contributed by atoms with Crippen LogP contribution in [0.15, 0.2) is 34.7 Å². The van der Waals surface area contributed by atoms with Gasteiger partial charge in [0.05, 0.1) is 11.6 Å². The molecule has 2 aromatic rings. The summed E-state index contributed by atoms with van der Waals surface area (Å²) in [6.45, 7) is 9.85. The number of halogens is 4. The van der Waals surface area contributed by atoms with Crippen LogP contribution in [-0.2, 0) is 6.54 Å². The van der Waals surface area contributed by atoms with Crippen molar-refractivity contribution in [3.05, 3.63) is 46.1 Å². The predicted molar refractivity (Wildman–Crippen MR) is 131 cm³/mol. The van der Waals surface area contributed by atoms with E-state index in [0.29, 0.717) is 10.0 Å². The van der Waals surface area contributed by atoms with Crippen LogP contribution < -0.4 is 5.32 Å². The third-order valence-electron chi connectivity index (χ3n) is 4.64. The lowest BCUT2D eigenvalue weighted by Gasteiger charge is -2.21. The smallest absolute Gasteiger partial charge is 0.135 e. The van der Waals surface area contributed by atoms with Crippen LogP contribution in [0.5, 0.6) is 0 Å². The number of nitrogens with zero attached hydrogens (tertiary/aromatic N) is 1. The molecule has 0 saturated carbocycles. The van der Waals surface area contributed by atoms with Gasteiger partial charge in [0.1, 0.15) is 11.5 Å². The van der Waals surface area contributed by atoms with Crippen LogP contribution in [0.2, 0.25) is 10.0 Å². The Balaban J connectivity index is 0.00000392. The standard InChI is InChI=1S/C22H32Cl2N2O.2ClH/c1-3-5-13-26(14-6-4-2)15-7-12-25-17-19-9-11-22(27-19)20-10-8-18(23)16-21(20)24;;/h8-11,16,25H,3-7,12-15,17H2,1-2H3;2*1H. The van der Waals surface area contributed by atoms with E-state index in [1.807, 2.05) is 24.3 Å². The quantitative estimate of drug-likeness (QED) is 0.299. The molecule has 0 amide bonds. The summed E-state index contributed by atoms with van der Waals surface area (Å²) in [5.41, 5.74) is 0.870. The normalized spacial score (nSPS) is 10.7. The third-order valence-corrected chi connectivity index (χ3v) is 5.19. The zero-order chi connectivity index (χ0) is 19.5. The minimum absolute atomic E-state index is 0. The van der Waals surface area contributed by atoms with Gasteiger partial charge in [-0.1, -0.05) is 49.9 Å². The van der Waals surface area contributed by atoms with Gasteiger partial charge < -0.3 is 14.6 Å². The molecule has 3 nitrogen and oxygen atoms in total. The van der Waals surface area contributed by atoms with Gasteiger partial charge >= 0.3 is 0 Å². The van der Waals surface area contributed by atoms with Crippen LogP contribution in [0.4, 0.5) is 0 Å². The Morgan fingerprint density at radius 1 is 0.897 bits per heavy atom. The molecule has 7 heteroatoms. The molecule has 0 radical (unpaired) electrons. The van der Waals surface area contributed by atoms with E-state index in [0.717, 1.165) is 43.1 Å². The molecule has 0 aliphatic carbocycles. The molecule has 1 aromatic carbocycles. The highest BCUT2D eigenvalue weighted by molar-refractivity contribution is 6.36. The summed E-state index contributed by atoms with van der Waals surface area (Å²) in [7, 11) is 0. The number of unbranched alkanes of at least 4 members (excludes halogenated alkanes) is 2. The highest BCUT2D eigenvalue weighted by Gasteiger charge is 2.09. The van der Waals surface area contributed by atoms with E-state index in [2.05, 4.69) is 24.1 Å². The van der Waals surface area contributed by atoms with Crippen molar-refractivity contribution < 1.29 is 4.42 Å². The van der Waals surface area contributed by atoms with Gasteiger partial charge in [0.15, 0.2) is 0 Å². The SMILES string of the molecule is CCCCN(CCCC)CCCNCc1ccc(-c2ccc(Cl)cc2Cl)o1.Cl.Cl. The fourth-order valence-corrected chi connectivity index (χ4v) is 3.55. The molecule has 0 fully saturated rings. The van der Waals surface area contributed by atoms with Crippen LogP contribution in [-0.4, -0.2) is 31.1 Å². The second-order valence-corrected chi connectivity index (χ2v) is 7.81. The first-order chi connectivity index (χ1) is 13.1. The molecular formula is C22H34Cl4N2O. The van der Waals surface area contributed by atoms with Crippen molar-refractivity contribution in [2.24, 2.45) is 0 Å². The van der Waals surface area contributed by atoms with Crippen LogP contribution in [0.1, 0.15) is 51.7 Å². The van der Waals surface area contributed by atoms with Crippen LogP contribution in [0.3, 0.4) is 0 Å². The number of nitrogens with one attached hydrogen (secondary N) is 1. The average molecular weight is 484 g/mol. The lowest BCUT2D eigenvalue weighted by Crippen LogP contribution is -2.29. The van der Waals surface area contributed by atoms with E-state index in [1.165, 1.54) is 38.8 Å². The third kappa shape index (κ3) is 10.4. The first kappa shape index (κ1) is 28.6. The highest BCUT2D eigenvalue weighted by Crippen LogP contribution is 2.31. The molecule has 0 unspecified atom stereocenters. The van der Waals surface area contributed by atoms with Crippen molar-refractivity contribution in [2.45, 2.75) is 52.5 Å². The minimum Gasteiger partial charge on any atom is -0.460 e. The molecule has 1 heterocycles. The van der Waals surface area contributed by atoms with Gasteiger partial charge in [0.2, 0.25) is 0 Å². The van der Waals surface area contributed by atoms with E-state index < -0.39 is 0 Å². The number of benzene rings is 1. The summed E-state index contributed by atoms with van der Waals surface area (Å²) in [6.07, 6.45) is 6.27. The minimum atomic E-state index is 0. The molecular weight excluding hydrogens is 450 g/mol. The van der Waals surface area contributed by atoms with Crippen LogP contribution >= 0.6 is 48.0 Å². The fourth-order valence-electron chi connectivity index (χ4n) is 3.05. The molecule has 1 N–H and O–H groups in total. The molecule has 1 aromatic heterocycles. The summed E-state index contributed by atoms with van der Waals surface area (Å²) in [6, 6.07) is 9.42. The maximum Gasteiger partial charge on any atom is 0.135 e. The molecule has 0 bridgehead atoms. The number of hydrogen-bond acceptors (Lipinski definition) is 3. The molecule has 0 aliphatic heterocycles. The lowest BCUT2D eigenvalue weighted by atomic mass is 10.2. The van der Waals surface area contributed by atoms with Gasteiger partial charge in [-0.15, -0.1) is 24.8 Å². The number of rotatable bonds is 13. The van der Waals surface area contributed by atoms with Gasteiger partial charge in [-0.2, -0.15) is 0 Å². The maximum atomic E-state index is 6.26. The van der Waals surface area contributed by atoms with Crippen LogP contribution in [0, 0.1) is 0 Å². The van der Waals surface area contributed by atoms with E-state index in [-0.39, 0.29) is 24.8 Å². The zero-order valence-corrected chi connectivity index (χ0v) is 20.5. The summed E-state index contributed by atoms with van der Waals surface area (Å²) < 4.78 is 5.92. The molecule has 0 saturated heterocycles. The summed E-state index contributed by atoms with van der Waals surface area (Å²) in [4.78, 5) is 2.60. The van der Waals surface area contributed by atoms with Gasteiger partial charge in [0.25, 0.3) is 0 Å². The van der Waals surface area contributed by atoms with Gasteiger partial charge in [-0.05, 0) is 75.8 Å². The molecule has 0 spiro atoms. The Morgan fingerprint density at radius 3 is 2.17 bits per heavy atom. The highest BCUT2D eigenvalue weighted by atomic mass is 35.5.